The summed E-state index contributed by atoms with van der Waals surface area (Å²) >= 11 is 0. The van der Waals surface area contributed by atoms with E-state index in [1.54, 1.807) is 6.20 Å². The Balaban J connectivity index is 1.16. The molecular formula is C27H38N6O2. The van der Waals surface area contributed by atoms with Crippen molar-refractivity contribution in [3.63, 3.8) is 0 Å². The number of hydrazine groups is 1. The van der Waals surface area contributed by atoms with Gasteiger partial charge in [-0.3, -0.25) is 14.5 Å². The lowest BCUT2D eigenvalue weighted by atomic mass is 9.68. The van der Waals surface area contributed by atoms with E-state index in [0.717, 1.165) is 44.9 Å². The number of ketones is 1. The highest BCUT2D eigenvalue weighted by atomic mass is 16.2. The Morgan fingerprint density at radius 3 is 2.54 bits per heavy atom. The first kappa shape index (κ1) is 24.2. The van der Waals surface area contributed by atoms with E-state index >= 15 is 0 Å². The lowest BCUT2D eigenvalue weighted by molar-refractivity contribution is -0.138. The van der Waals surface area contributed by atoms with Crippen molar-refractivity contribution in [1.29, 1.82) is 0 Å². The summed E-state index contributed by atoms with van der Waals surface area (Å²) < 4.78 is 0. The van der Waals surface area contributed by atoms with E-state index in [-0.39, 0.29) is 23.0 Å². The van der Waals surface area contributed by atoms with Crippen LogP contribution in [0.4, 0.5) is 0 Å². The molecule has 0 aromatic heterocycles. The van der Waals surface area contributed by atoms with Gasteiger partial charge in [0, 0.05) is 30.1 Å². The van der Waals surface area contributed by atoms with E-state index in [2.05, 4.69) is 75.4 Å². The standard InChI is InChI=1S/C27H38N6O2/c1-32(2)27(21-9-4-3-5-10-21)13-11-26(12-14-27)16-24(30-31-26)33-18-22(17-28-19-33)29-25(35)23(34)15-20-7-6-8-20/h3-5,9-10,17,19-20,24,30-31H,6-8,11-16,18H2,1-2H3,(H,29,35)/t24-,26?,27?/m1/s1. The summed E-state index contributed by atoms with van der Waals surface area (Å²) in [5.41, 5.74) is 9.27. The summed E-state index contributed by atoms with van der Waals surface area (Å²) in [6.45, 7) is 0.521. The second-order valence-electron chi connectivity index (χ2n) is 11.0. The SMILES string of the molecule is CN(C)C1(c2ccccc2)CCC2(CC1)C[C@@H](N1C=NC=C(NC(=O)C(=O)CC3CCC3)C1)NN2. The minimum atomic E-state index is -0.512. The number of benzene rings is 1. The number of amides is 1. The number of rotatable bonds is 7. The van der Waals surface area contributed by atoms with Gasteiger partial charge in [0.1, 0.15) is 0 Å². The monoisotopic (exact) mass is 478 g/mol. The maximum atomic E-state index is 12.4. The molecule has 0 bridgehead atoms. The zero-order valence-corrected chi connectivity index (χ0v) is 20.9. The molecule has 35 heavy (non-hydrogen) atoms. The first-order valence-electron chi connectivity index (χ1n) is 13.0. The van der Waals surface area contributed by atoms with Gasteiger partial charge in [-0.1, -0.05) is 36.8 Å². The summed E-state index contributed by atoms with van der Waals surface area (Å²) in [4.78, 5) is 33.5. The first-order chi connectivity index (χ1) is 16.9. The fraction of sp³-hybridized carbons (Fsp3) is 0.593. The molecule has 4 aliphatic rings. The molecular weight excluding hydrogens is 440 g/mol. The summed E-state index contributed by atoms with van der Waals surface area (Å²) in [7, 11) is 4.38. The number of nitrogens with one attached hydrogen (secondary N) is 3. The summed E-state index contributed by atoms with van der Waals surface area (Å²) in [6, 6.07) is 10.9. The van der Waals surface area contributed by atoms with Crippen molar-refractivity contribution in [1.82, 2.24) is 26.0 Å². The van der Waals surface area contributed by atoms with Crippen LogP contribution in [0.5, 0.6) is 0 Å². The molecule has 8 heteroatoms. The van der Waals surface area contributed by atoms with Gasteiger partial charge in [-0.2, -0.15) is 0 Å². The van der Waals surface area contributed by atoms with Crippen LogP contribution in [-0.2, 0) is 15.1 Å². The predicted octanol–water partition coefficient (Wildman–Crippen LogP) is 2.64. The molecule has 1 aromatic rings. The molecule has 0 unspecified atom stereocenters. The second kappa shape index (κ2) is 9.84. The average molecular weight is 479 g/mol. The fourth-order valence-corrected chi connectivity index (χ4v) is 6.14. The summed E-state index contributed by atoms with van der Waals surface area (Å²) in [5, 5.41) is 2.80. The van der Waals surface area contributed by atoms with Crippen molar-refractivity contribution in [3.05, 3.63) is 47.8 Å². The minimum Gasteiger partial charge on any atom is -0.340 e. The number of aliphatic imine (C=N–C) groups is 1. The second-order valence-corrected chi connectivity index (χ2v) is 11.0. The Bertz CT molecular complexity index is 992. The molecule has 3 N–H and O–H groups in total. The topological polar surface area (TPSA) is 89.1 Å². The molecule has 8 nitrogen and oxygen atoms in total. The van der Waals surface area contributed by atoms with E-state index in [1.165, 1.54) is 12.0 Å². The summed E-state index contributed by atoms with van der Waals surface area (Å²) in [6.07, 6.45) is 12.5. The van der Waals surface area contributed by atoms with Gasteiger partial charge in [0.25, 0.3) is 5.91 Å². The van der Waals surface area contributed by atoms with Crippen molar-refractivity contribution in [2.45, 2.75) is 75.0 Å². The van der Waals surface area contributed by atoms with Gasteiger partial charge in [-0.05, 0) is 64.1 Å². The van der Waals surface area contributed by atoms with Crippen LogP contribution in [-0.4, -0.2) is 60.2 Å². The molecule has 2 aliphatic carbocycles. The fourth-order valence-electron chi connectivity index (χ4n) is 6.14. The maximum Gasteiger partial charge on any atom is 0.291 e. The zero-order valence-electron chi connectivity index (χ0n) is 20.9. The quantitative estimate of drug-likeness (QED) is 0.522. The van der Waals surface area contributed by atoms with Crippen LogP contribution >= 0.6 is 0 Å². The third kappa shape index (κ3) is 4.92. The largest absolute Gasteiger partial charge is 0.340 e. The highest BCUT2D eigenvalue weighted by Crippen LogP contribution is 2.46. The molecule has 1 atom stereocenters. The van der Waals surface area contributed by atoms with Gasteiger partial charge in [0.15, 0.2) is 0 Å². The zero-order chi connectivity index (χ0) is 24.5. The number of hydrogen-bond acceptors (Lipinski definition) is 7. The Morgan fingerprint density at radius 2 is 1.89 bits per heavy atom. The van der Waals surface area contributed by atoms with Crippen molar-refractivity contribution in [2.24, 2.45) is 10.9 Å². The average Bonchev–Trinajstić information content (AvgIpc) is 3.26. The van der Waals surface area contributed by atoms with E-state index < -0.39 is 5.91 Å². The van der Waals surface area contributed by atoms with Gasteiger partial charge < -0.3 is 10.2 Å². The van der Waals surface area contributed by atoms with Crippen molar-refractivity contribution >= 4 is 18.0 Å². The summed E-state index contributed by atoms with van der Waals surface area (Å²) in [5.74, 6) is -0.444. The number of Topliss-reactive ketones (excluding diaryl/α,β-unsaturated/α-hetero) is 1. The maximum absolute atomic E-state index is 12.4. The smallest absolute Gasteiger partial charge is 0.291 e. The molecule has 2 saturated carbocycles. The third-order valence-electron chi connectivity index (χ3n) is 8.71. The molecule has 1 aromatic carbocycles. The first-order valence-corrected chi connectivity index (χ1v) is 13.0. The van der Waals surface area contributed by atoms with Crippen LogP contribution in [0.3, 0.4) is 0 Å². The van der Waals surface area contributed by atoms with Gasteiger partial charge in [-0.25, -0.2) is 15.8 Å². The Labute approximate surface area is 208 Å². The van der Waals surface area contributed by atoms with Gasteiger partial charge in [0.2, 0.25) is 5.78 Å². The van der Waals surface area contributed by atoms with Crippen LogP contribution in [0.25, 0.3) is 0 Å². The molecule has 188 valence electrons. The van der Waals surface area contributed by atoms with E-state index in [0.29, 0.717) is 24.6 Å². The number of hydrogen-bond donors (Lipinski definition) is 3. The highest BCUT2D eigenvalue weighted by Gasteiger charge is 2.49. The normalized spacial score (nSPS) is 30.9. The van der Waals surface area contributed by atoms with Crippen molar-refractivity contribution in [3.8, 4) is 0 Å². The molecule has 2 aliphatic heterocycles. The molecule has 5 rings (SSSR count). The molecule has 1 saturated heterocycles. The third-order valence-corrected chi connectivity index (χ3v) is 8.71. The van der Waals surface area contributed by atoms with Crippen molar-refractivity contribution < 1.29 is 9.59 Å². The number of nitrogens with zero attached hydrogens (tertiary/aromatic N) is 3. The lowest BCUT2D eigenvalue weighted by Gasteiger charge is -2.49. The van der Waals surface area contributed by atoms with Gasteiger partial charge >= 0.3 is 0 Å². The van der Waals surface area contributed by atoms with E-state index in [4.69, 9.17) is 0 Å². The Kier molecular flexibility index (Phi) is 6.79. The minimum absolute atomic E-state index is 0.0378. The molecule has 1 spiro atoms. The number of carbonyl (C=O) groups is 2. The Morgan fingerprint density at radius 1 is 1.14 bits per heavy atom. The number of carbonyl (C=O) groups excluding carboxylic acids is 2. The van der Waals surface area contributed by atoms with Crippen LogP contribution in [0, 0.1) is 5.92 Å². The molecule has 1 amide bonds. The van der Waals surface area contributed by atoms with Crippen LogP contribution in [0.1, 0.15) is 63.4 Å². The van der Waals surface area contributed by atoms with Crippen LogP contribution in [0.15, 0.2) is 47.2 Å². The van der Waals surface area contributed by atoms with Crippen LogP contribution < -0.4 is 16.2 Å². The molecule has 0 radical (unpaired) electrons. The Hall–Kier alpha value is -2.55. The van der Waals surface area contributed by atoms with Gasteiger partial charge in [-0.15, -0.1) is 0 Å². The predicted molar refractivity (Wildman–Crippen MR) is 136 cm³/mol. The van der Waals surface area contributed by atoms with E-state index in [9.17, 15) is 9.59 Å². The molecule has 3 fully saturated rings. The lowest BCUT2D eigenvalue weighted by Crippen LogP contribution is -2.53. The highest BCUT2D eigenvalue weighted by molar-refractivity contribution is 6.36. The van der Waals surface area contributed by atoms with Crippen molar-refractivity contribution in [2.75, 3.05) is 20.6 Å². The van der Waals surface area contributed by atoms with Gasteiger partial charge in [0.05, 0.1) is 24.7 Å². The molecule has 2 heterocycles. The van der Waals surface area contributed by atoms with E-state index in [1.807, 2.05) is 6.34 Å². The van der Waals surface area contributed by atoms with Crippen LogP contribution in [0.2, 0.25) is 0 Å².